The van der Waals surface area contributed by atoms with Gasteiger partial charge < -0.3 is 5.73 Å². The van der Waals surface area contributed by atoms with Crippen molar-refractivity contribution in [3.05, 3.63) is 28.8 Å². The maximum absolute atomic E-state index is 5.83. The lowest BCUT2D eigenvalue weighted by molar-refractivity contribution is 1.11. The number of benzene rings is 1. The largest absolute Gasteiger partial charge is 0.398 e. The van der Waals surface area contributed by atoms with E-state index in [9.17, 15) is 0 Å². The highest BCUT2D eigenvalue weighted by Gasteiger charge is 2.00. The fourth-order valence-corrected chi connectivity index (χ4v) is 1.51. The van der Waals surface area contributed by atoms with Crippen LogP contribution in [0.25, 0.3) is 0 Å². The second-order valence-electron chi connectivity index (χ2n) is 3.00. The summed E-state index contributed by atoms with van der Waals surface area (Å²) in [6, 6.07) is 4.21. The lowest BCUT2D eigenvalue weighted by atomic mass is 10.0. The molecule has 0 bridgehead atoms. The van der Waals surface area contributed by atoms with Gasteiger partial charge in [0, 0.05) is 5.69 Å². The molecular formula is C12H21N. The number of aryl methyl sites for hydroxylation is 2. The van der Waals surface area contributed by atoms with Gasteiger partial charge >= 0.3 is 0 Å². The molecule has 1 heteroatoms. The van der Waals surface area contributed by atoms with Crippen LogP contribution < -0.4 is 5.73 Å². The maximum atomic E-state index is 5.83. The van der Waals surface area contributed by atoms with Gasteiger partial charge in [-0.15, -0.1) is 0 Å². The van der Waals surface area contributed by atoms with Crippen molar-refractivity contribution in [2.75, 3.05) is 5.73 Å². The fraction of sp³-hybridized carbons (Fsp3) is 0.500. The van der Waals surface area contributed by atoms with Crippen LogP contribution >= 0.6 is 0 Å². The summed E-state index contributed by atoms with van der Waals surface area (Å²) in [6.45, 7) is 10.3. The Morgan fingerprint density at radius 1 is 1.15 bits per heavy atom. The third kappa shape index (κ3) is 3.10. The summed E-state index contributed by atoms with van der Waals surface area (Å²) >= 11 is 0. The lowest BCUT2D eigenvalue weighted by Crippen LogP contribution is -1.96. The summed E-state index contributed by atoms with van der Waals surface area (Å²) in [5.41, 5.74) is 10.6. The number of anilines is 1. The third-order valence-corrected chi connectivity index (χ3v) is 2.01. The molecule has 0 spiro atoms. The average Bonchev–Trinajstić information content (AvgIpc) is 2.07. The van der Waals surface area contributed by atoms with E-state index < -0.39 is 0 Å². The summed E-state index contributed by atoms with van der Waals surface area (Å²) in [4.78, 5) is 0. The first-order valence-electron chi connectivity index (χ1n) is 5.00. The molecule has 0 radical (unpaired) electrons. The molecule has 0 atom stereocenters. The second kappa shape index (κ2) is 5.63. The topological polar surface area (TPSA) is 26.0 Å². The molecule has 0 heterocycles. The number of nitrogens with two attached hydrogens (primary N) is 1. The van der Waals surface area contributed by atoms with Crippen molar-refractivity contribution in [3.63, 3.8) is 0 Å². The van der Waals surface area contributed by atoms with Crippen molar-refractivity contribution in [2.24, 2.45) is 0 Å². The molecule has 0 amide bonds. The standard InChI is InChI=1S/C10H15N.C2H6/c1-4-9-8(3)5-7(2)6-10(9)11;1-2/h5-6H,4,11H2,1-3H3;1-2H3. The van der Waals surface area contributed by atoms with Gasteiger partial charge in [0.2, 0.25) is 0 Å². The number of nitrogen functional groups attached to an aromatic ring is 1. The first-order chi connectivity index (χ1) is 6.15. The summed E-state index contributed by atoms with van der Waals surface area (Å²) in [7, 11) is 0. The van der Waals surface area contributed by atoms with Crippen molar-refractivity contribution in [3.8, 4) is 0 Å². The Hall–Kier alpha value is -0.980. The highest BCUT2D eigenvalue weighted by molar-refractivity contribution is 5.52. The monoisotopic (exact) mass is 179 g/mol. The summed E-state index contributed by atoms with van der Waals surface area (Å²) in [5, 5.41) is 0. The summed E-state index contributed by atoms with van der Waals surface area (Å²) < 4.78 is 0. The van der Waals surface area contributed by atoms with Gasteiger partial charge in [0.25, 0.3) is 0 Å². The van der Waals surface area contributed by atoms with Crippen molar-refractivity contribution >= 4 is 5.69 Å². The van der Waals surface area contributed by atoms with Crippen LogP contribution in [-0.2, 0) is 6.42 Å². The molecule has 0 aromatic heterocycles. The molecular weight excluding hydrogens is 158 g/mol. The zero-order valence-corrected chi connectivity index (χ0v) is 9.44. The van der Waals surface area contributed by atoms with E-state index >= 15 is 0 Å². The minimum absolute atomic E-state index is 0.935. The Morgan fingerprint density at radius 2 is 1.69 bits per heavy atom. The first kappa shape index (κ1) is 12.0. The molecule has 13 heavy (non-hydrogen) atoms. The van der Waals surface area contributed by atoms with Gasteiger partial charge in [0.05, 0.1) is 0 Å². The Morgan fingerprint density at radius 3 is 2.08 bits per heavy atom. The lowest BCUT2D eigenvalue weighted by Gasteiger charge is -2.07. The predicted octanol–water partition coefficient (Wildman–Crippen LogP) is 3.47. The van der Waals surface area contributed by atoms with E-state index in [4.69, 9.17) is 5.73 Å². The van der Waals surface area contributed by atoms with Crippen LogP contribution in [0, 0.1) is 13.8 Å². The fourth-order valence-electron chi connectivity index (χ4n) is 1.51. The van der Waals surface area contributed by atoms with Crippen molar-refractivity contribution in [1.29, 1.82) is 0 Å². The number of hydrogen-bond acceptors (Lipinski definition) is 1. The van der Waals surface area contributed by atoms with E-state index in [0.717, 1.165) is 12.1 Å². The van der Waals surface area contributed by atoms with Crippen LogP contribution in [-0.4, -0.2) is 0 Å². The highest BCUT2D eigenvalue weighted by atomic mass is 14.6. The van der Waals surface area contributed by atoms with Crippen LogP contribution in [0.1, 0.15) is 37.5 Å². The van der Waals surface area contributed by atoms with Crippen molar-refractivity contribution in [2.45, 2.75) is 41.0 Å². The molecule has 1 nitrogen and oxygen atoms in total. The van der Waals surface area contributed by atoms with E-state index in [1.165, 1.54) is 16.7 Å². The molecule has 0 unspecified atom stereocenters. The molecule has 1 aromatic rings. The van der Waals surface area contributed by atoms with Gasteiger partial charge in [-0.25, -0.2) is 0 Å². The van der Waals surface area contributed by atoms with Crippen LogP contribution in [0.15, 0.2) is 12.1 Å². The van der Waals surface area contributed by atoms with Gasteiger partial charge in [-0.2, -0.15) is 0 Å². The summed E-state index contributed by atoms with van der Waals surface area (Å²) in [5.74, 6) is 0. The maximum Gasteiger partial charge on any atom is 0.0351 e. The van der Waals surface area contributed by atoms with E-state index in [2.05, 4.69) is 26.8 Å². The first-order valence-corrected chi connectivity index (χ1v) is 5.00. The van der Waals surface area contributed by atoms with Gasteiger partial charge in [-0.1, -0.05) is 26.8 Å². The smallest absolute Gasteiger partial charge is 0.0351 e. The highest BCUT2D eigenvalue weighted by Crippen LogP contribution is 2.18. The van der Waals surface area contributed by atoms with Crippen LogP contribution in [0.4, 0.5) is 5.69 Å². The molecule has 0 aliphatic heterocycles. The molecule has 74 valence electrons. The van der Waals surface area contributed by atoms with Crippen LogP contribution in [0.5, 0.6) is 0 Å². The Labute approximate surface area is 82.0 Å². The molecule has 0 saturated heterocycles. The molecule has 0 aliphatic rings. The predicted molar refractivity (Wildman–Crippen MR) is 61.1 cm³/mol. The van der Waals surface area contributed by atoms with Crippen molar-refractivity contribution in [1.82, 2.24) is 0 Å². The SMILES string of the molecule is CC.CCc1c(C)cc(C)cc1N. The van der Waals surface area contributed by atoms with Gasteiger partial charge in [-0.05, 0) is 43.0 Å². The molecule has 1 rings (SSSR count). The molecule has 0 saturated carbocycles. The molecule has 2 N–H and O–H groups in total. The van der Waals surface area contributed by atoms with Gasteiger partial charge in [0.15, 0.2) is 0 Å². The molecule has 0 aliphatic carbocycles. The average molecular weight is 179 g/mol. The van der Waals surface area contributed by atoms with E-state index in [-0.39, 0.29) is 0 Å². The normalized spacial score (nSPS) is 9.00. The van der Waals surface area contributed by atoms with E-state index in [0.29, 0.717) is 0 Å². The van der Waals surface area contributed by atoms with Gasteiger partial charge in [-0.3, -0.25) is 0 Å². The van der Waals surface area contributed by atoms with Crippen molar-refractivity contribution < 1.29 is 0 Å². The van der Waals surface area contributed by atoms with Crippen LogP contribution in [0.2, 0.25) is 0 Å². The summed E-state index contributed by atoms with van der Waals surface area (Å²) in [6.07, 6.45) is 1.03. The second-order valence-corrected chi connectivity index (χ2v) is 3.00. The number of hydrogen-bond donors (Lipinski definition) is 1. The van der Waals surface area contributed by atoms with E-state index in [1.54, 1.807) is 0 Å². The molecule has 1 aromatic carbocycles. The van der Waals surface area contributed by atoms with E-state index in [1.807, 2.05) is 19.9 Å². The Kier molecular flexibility index (Phi) is 5.20. The zero-order valence-electron chi connectivity index (χ0n) is 9.44. The van der Waals surface area contributed by atoms with Crippen LogP contribution in [0.3, 0.4) is 0 Å². The zero-order chi connectivity index (χ0) is 10.4. The molecule has 0 fully saturated rings. The quantitative estimate of drug-likeness (QED) is 0.656. The Bertz CT molecular complexity index is 241. The van der Waals surface area contributed by atoms with Gasteiger partial charge in [0.1, 0.15) is 0 Å². The number of rotatable bonds is 1. The minimum atomic E-state index is 0.935. The third-order valence-electron chi connectivity index (χ3n) is 2.01. The minimum Gasteiger partial charge on any atom is -0.398 e. The Balaban J connectivity index is 0.000000671.